The van der Waals surface area contributed by atoms with Crippen molar-refractivity contribution in [3.63, 3.8) is 0 Å². The van der Waals surface area contributed by atoms with Gasteiger partial charge in [0.05, 0.1) is 17.9 Å². The molecule has 3 amide bonds. The Morgan fingerprint density at radius 3 is 2.47 bits per heavy atom. The van der Waals surface area contributed by atoms with Crippen molar-refractivity contribution in [2.75, 3.05) is 0 Å². The molecule has 0 unspecified atom stereocenters. The van der Waals surface area contributed by atoms with Gasteiger partial charge in [-0.05, 0) is 26.8 Å². The number of amides is 3. The number of nitrogens with one attached hydrogen (secondary N) is 1. The van der Waals surface area contributed by atoms with E-state index in [1.54, 1.807) is 18.5 Å². The Bertz CT molecular complexity index is 490. The van der Waals surface area contributed by atoms with Gasteiger partial charge in [0.25, 0.3) is 5.91 Å². The van der Waals surface area contributed by atoms with Gasteiger partial charge in [0, 0.05) is 7.05 Å². The van der Waals surface area contributed by atoms with Crippen LogP contribution in [-0.4, -0.2) is 32.2 Å². The predicted molar refractivity (Wildman–Crippen MR) is 61.1 cm³/mol. The molecule has 1 saturated heterocycles. The van der Waals surface area contributed by atoms with E-state index in [1.165, 1.54) is 4.90 Å². The molecule has 6 heteroatoms. The monoisotopic (exact) mass is 236 g/mol. The lowest BCUT2D eigenvalue weighted by Crippen LogP contribution is -2.43. The Morgan fingerprint density at radius 1 is 1.41 bits per heavy atom. The van der Waals surface area contributed by atoms with Crippen molar-refractivity contribution in [1.29, 1.82) is 0 Å². The van der Waals surface area contributed by atoms with Gasteiger partial charge in [-0.1, -0.05) is 0 Å². The highest BCUT2D eigenvalue weighted by molar-refractivity contribution is 6.06. The quantitative estimate of drug-likeness (QED) is 0.763. The molecule has 0 saturated carbocycles. The van der Waals surface area contributed by atoms with E-state index in [0.29, 0.717) is 6.54 Å². The van der Waals surface area contributed by atoms with Crippen LogP contribution >= 0.6 is 0 Å². The highest BCUT2D eigenvalue weighted by Gasteiger charge is 2.45. The zero-order chi connectivity index (χ0) is 12.8. The predicted octanol–water partition coefficient (Wildman–Crippen LogP) is 0.559. The number of nitrogens with zero attached hydrogens (tertiary/aromatic N) is 3. The molecule has 0 aromatic carbocycles. The van der Waals surface area contributed by atoms with E-state index in [2.05, 4.69) is 10.4 Å². The van der Waals surface area contributed by atoms with Crippen LogP contribution in [0.2, 0.25) is 0 Å². The fraction of sp³-hybridized carbons (Fsp3) is 0.545. The van der Waals surface area contributed by atoms with Crippen LogP contribution in [0, 0.1) is 6.92 Å². The third kappa shape index (κ3) is 1.79. The summed E-state index contributed by atoms with van der Waals surface area (Å²) < 4.78 is 1.72. The first-order valence-electron chi connectivity index (χ1n) is 5.45. The number of hydrogen-bond acceptors (Lipinski definition) is 3. The largest absolute Gasteiger partial charge is 0.325 e. The third-order valence-electron chi connectivity index (χ3n) is 3.12. The molecule has 0 atom stereocenters. The Labute approximate surface area is 99.6 Å². The average Bonchev–Trinajstić information content (AvgIpc) is 2.60. The van der Waals surface area contributed by atoms with Crippen LogP contribution in [0.4, 0.5) is 4.79 Å². The van der Waals surface area contributed by atoms with Crippen LogP contribution in [-0.2, 0) is 18.4 Å². The van der Waals surface area contributed by atoms with Gasteiger partial charge >= 0.3 is 6.03 Å². The van der Waals surface area contributed by atoms with Crippen LogP contribution in [0.15, 0.2) is 6.07 Å². The molecule has 0 spiro atoms. The summed E-state index contributed by atoms with van der Waals surface area (Å²) in [5.74, 6) is -0.263. The molecule has 0 radical (unpaired) electrons. The minimum absolute atomic E-state index is 0.263. The van der Waals surface area contributed by atoms with Crippen LogP contribution in [0.3, 0.4) is 0 Å². The topological polar surface area (TPSA) is 67.2 Å². The number of aryl methyl sites for hydroxylation is 2. The summed E-state index contributed by atoms with van der Waals surface area (Å²) in [5, 5.41) is 6.54. The van der Waals surface area contributed by atoms with Gasteiger partial charge in [-0.15, -0.1) is 0 Å². The van der Waals surface area contributed by atoms with Gasteiger partial charge in [0.15, 0.2) is 0 Å². The molecular weight excluding hydrogens is 220 g/mol. The number of urea groups is 1. The van der Waals surface area contributed by atoms with E-state index in [-0.39, 0.29) is 11.9 Å². The van der Waals surface area contributed by atoms with Gasteiger partial charge in [-0.25, -0.2) is 4.79 Å². The smallest absolute Gasteiger partial charge is 0.304 e. The van der Waals surface area contributed by atoms with Gasteiger partial charge in [0.1, 0.15) is 5.54 Å². The van der Waals surface area contributed by atoms with E-state index >= 15 is 0 Å². The van der Waals surface area contributed by atoms with E-state index in [1.807, 2.05) is 20.0 Å². The number of carbonyl (C=O) groups excluding carboxylic acids is 2. The van der Waals surface area contributed by atoms with Crippen molar-refractivity contribution >= 4 is 11.9 Å². The van der Waals surface area contributed by atoms with Gasteiger partial charge in [0.2, 0.25) is 0 Å². The second kappa shape index (κ2) is 3.58. The van der Waals surface area contributed by atoms with Crippen molar-refractivity contribution in [3.05, 3.63) is 17.5 Å². The average molecular weight is 236 g/mol. The van der Waals surface area contributed by atoms with Gasteiger partial charge in [-0.2, -0.15) is 5.10 Å². The van der Waals surface area contributed by atoms with Crippen molar-refractivity contribution in [3.8, 4) is 0 Å². The van der Waals surface area contributed by atoms with E-state index < -0.39 is 5.54 Å². The maximum absolute atomic E-state index is 11.7. The molecular formula is C11H16N4O2. The molecule has 6 nitrogen and oxygen atoms in total. The molecule has 2 heterocycles. The van der Waals surface area contributed by atoms with Crippen molar-refractivity contribution in [2.24, 2.45) is 7.05 Å². The number of aromatic nitrogens is 2. The van der Waals surface area contributed by atoms with Crippen molar-refractivity contribution in [1.82, 2.24) is 20.0 Å². The van der Waals surface area contributed by atoms with Crippen molar-refractivity contribution < 1.29 is 9.59 Å². The molecule has 1 aromatic rings. The molecule has 0 aliphatic carbocycles. The number of imide groups is 1. The molecule has 1 fully saturated rings. The molecule has 0 bridgehead atoms. The minimum Gasteiger partial charge on any atom is -0.304 e. The summed E-state index contributed by atoms with van der Waals surface area (Å²) in [7, 11) is 1.82. The molecule has 1 aromatic heterocycles. The van der Waals surface area contributed by atoms with Crippen molar-refractivity contribution in [2.45, 2.75) is 32.9 Å². The van der Waals surface area contributed by atoms with Gasteiger partial charge in [-0.3, -0.25) is 14.8 Å². The number of hydrogen-bond donors (Lipinski definition) is 1. The first-order chi connectivity index (χ1) is 7.82. The summed E-state index contributed by atoms with van der Waals surface area (Å²) in [4.78, 5) is 24.8. The number of rotatable bonds is 2. The minimum atomic E-state index is -0.810. The molecule has 17 heavy (non-hydrogen) atoms. The Morgan fingerprint density at radius 2 is 2.06 bits per heavy atom. The standard InChI is InChI=1S/C11H16N4O2/c1-7-5-8(14(4)13-7)6-15-10(17)12-9(16)11(15,2)3/h5H,6H2,1-4H3,(H,12,16,17). The Balaban J connectivity index is 2.27. The lowest BCUT2D eigenvalue weighted by atomic mass is 10.0. The SMILES string of the molecule is Cc1cc(CN2C(=O)NC(=O)C2(C)C)n(C)n1. The Kier molecular flexibility index (Phi) is 2.45. The third-order valence-corrected chi connectivity index (χ3v) is 3.12. The first kappa shape index (κ1) is 11.6. The Hall–Kier alpha value is -1.85. The molecule has 2 rings (SSSR count). The maximum atomic E-state index is 11.7. The van der Waals surface area contributed by atoms with Crippen LogP contribution in [0.25, 0.3) is 0 Å². The summed E-state index contributed by atoms with van der Waals surface area (Å²) in [6.45, 7) is 5.73. The summed E-state index contributed by atoms with van der Waals surface area (Å²) in [5.41, 5.74) is 0.988. The van der Waals surface area contributed by atoms with Crippen LogP contribution in [0.5, 0.6) is 0 Å². The second-order valence-electron chi connectivity index (χ2n) is 4.81. The zero-order valence-corrected chi connectivity index (χ0v) is 10.4. The van der Waals surface area contributed by atoms with Crippen LogP contribution < -0.4 is 5.32 Å². The highest BCUT2D eigenvalue weighted by Crippen LogP contribution is 2.23. The highest BCUT2D eigenvalue weighted by atomic mass is 16.2. The molecule has 92 valence electrons. The van der Waals surface area contributed by atoms with E-state index in [9.17, 15) is 9.59 Å². The maximum Gasteiger partial charge on any atom is 0.325 e. The summed E-state index contributed by atoms with van der Waals surface area (Å²) in [6.07, 6.45) is 0. The summed E-state index contributed by atoms with van der Waals surface area (Å²) >= 11 is 0. The van der Waals surface area contributed by atoms with E-state index in [0.717, 1.165) is 11.4 Å². The molecule has 1 aliphatic rings. The fourth-order valence-electron chi connectivity index (χ4n) is 1.94. The lowest BCUT2D eigenvalue weighted by Gasteiger charge is -2.27. The molecule has 1 aliphatic heterocycles. The van der Waals surface area contributed by atoms with Gasteiger partial charge < -0.3 is 4.90 Å². The van der Waals surface area contributed by atoms with E-state index in [4.69, 9.17) is 0 Å². The lowest BCUT2D eigenvalue weighted by molar-refractivity contribution is -0.125. The molecule has 1 N–H and O–H groups in total. The first-order valence-corrected chi connectivity index (χ1v) is 5.45. The normalized spacial score (nSPS) is 18.7. The fourth-order valence-corrected chi connectivity index (χ4v) is 1.94. The summed E-state index contributed by atoms with van der Waals surface area (Å²) in [6, 6.07) is 1.56. The zero-order valence-electron chi connectivity index (χ0n) is 10.4. The van der Waals surface area contributed by atoms with Crippen LogP contribution in [0.1, 0.15) is 25.2 Å². The second-order valence-corrected chi connectivity index (χ2v) is 4.81. The number of carbonyl (C=O) groups is 2.